The number of likely N-dealkylation sites (tertiary alicyclic amines) is 1. The molecule has 0 radical (unpaired) electrons. The molecule has 0 spiro atoms. The molecule has 2 heterocycles. The molecule has 1 atom stereocenters. The van der Waals surface area contributed by atoms with Gasteiger partial charge in [-0.3, -0.25) is 4.90 Å². The second-order valence-electron chi connectivity index (χ2n) is 6.69. The normalized spacial score (nSPS) is 19.0. The van der Waals surface area contributed by atoms with Gasteiger partial charge in [0.15, 0.2) is 0 Å². The van der Waals surface area contributed by atoms with Gasteiger partial charge in [-0.25, -0.2) is 4.98 Å². The molecule has 2 aromatic rings. The van der Waals surface area contributed by atoms with Crippen molar-refractivity contribution in [3.8, 4) is 0 Å². The first-order valence-electron chi connectivity index (χ1n) is 8.67. The van der Waals surface area contributed by atoms with Crippen molar-refractivity contribution in [1.29, 1.82) is 0 Å². The zero-order valence-electron chi connectivity index (χ0n) is 14.4. The molecule has 3 rings (SSSR count). The molecule has 0 bridgehead atoms. The fourth-order valence-electron chi connectivity index (χ4n) is 3.51. The largest absolute Gasteiger partial charge is 0.329 e. The summed E-state index contributed by atoms with van der Waals surface area (Å²) >= 11 is 0. The highest BCUT2D eigenvalue weighted by atomic mass is 15.2. The topological polar surface area (TPSA) is 19.4 Å². The van der Waals surface area contributed by atoms with Gasteiger partial charge >= 0.3 is 0 Å². The highest BCUT2D eigenvalue weighted by molar-refractivity contribution is 5.58. The molecule has 0 amide bonds. The van der Waals surface area contributed by atoms with Gasteiger partial charge < -0.3 is 4.90 Å². The van der Waals surface area contributed by atoms with Crippen molar-refractivity contribution in [2.75, 3.05) is 18.5 Å². The van der Waals surface area contributed by atoms with Crippen LogP contribution in [-0.4, -0.2) is 29.5 Å². The summed E-state index contributed by atoms with van der Waals surface area (Å²) in [6.07, 6.45) is 5.95. The molecule has 1 aliphatic rings. The van der Waals surface area contributed by atoms with Gasteiger partial charge in [-0.15, -0.1) is 0 Å². The van der Waals surface area contributed by atoms with Crippen LogP contribution in [0, 0.1) is 0 Å². The predicted octanol–water partition coefficient (Wildman–Crippen LogP) is 4.78. The smallest absolute Gasteiger partial charge is 0.132 e. The Labute approximate surface area is 140 Å². The minimum Gasteiger partial charge on any atom is -0.329 e. The highest BCUT2D eigenvalue weighted by Gasteiger charge is 2.26. The third kappa shape index (κ3) is 3.56. The lowest BCUT2D eigenvalue weighted by atomic mass is 9.95. The molecule has 1 aliphatic heterocycles. The molecule has 122 valence electrons. The number of nitrogens with zero attached hydrogens (tertiary/aromatic N) is 3. The molecular weight excluding hydrogens is 282 g/mol. The first-order chi connectivity index (χ1) is 11.2. The van der Waals surface area contributed by atoms with Gasteiger partial charge in [0.2, 0.25) is 0 Å². The zero-order valence-corrected chi connectivity index (χ0v) is 14.4. The van der Waals surface area contributed by atoms with Crippen molar-refractivity contribution in [3.05, 3.63) is 54.2 Å². The SMILES string of the molecule is CC(C)N1CCCCC1c1ccc(N(C)c2ccccc2)nc1. The first-order valence-corrected chi connectivity index (χ1v) is 8.67. The Morgan fingerprint density at radius 2 is 1.87 bits per heavy atom. The number of hydrogen-bond donors (Lipinski definition) is 0. The summed E-state index contributed by atoms with van der Waals surface area (Å²) in [6.45, 7) is 5.79. The summed E-state index contributed by atoms with van der Waals surface area (Å²) in [5.41, 5.74) is 2.51. The third-order valence-corrected chi connectivity index (χ3v) is 4.85. The molecule has 23 heavy (non-hydrogen) atoms. The van der Waals surface area contributed by atoms with E-state index in [-0.39, 0.29) is 0 Å². The lowest BCUT2D eigenvalue weighted by Gasteiger charge is -2.38. The fraction of sp³-hybridized carbons (Fsp3) is 0.450. The van der Waals surface area contributed by atoms with E-state index in [0.717, 1.165) is 11.5 Å². The van der Waals surface area contributed by atoms with Crippen LogP contribution in [0.25, 0.3) is 0 Å². The molecule has 1 saturated heterocycles. The van der Waals surface area contributed by atoms with E-state index in [0.29, 0.717) is 12.1 Å². The molecular formula is C20H27N3. The van der Waals surface area contributed by atoms with Crippen LogP contribution in [0.15, 0.2) is 48.7 Å². The molecule has 1 aromatic heterocycles. The molecule has 0 N–H and O–H groups in total. The summed E-state index contributed by atoms with van der Waals surface area (Å²) in [4.78, 5) is 9.47. The maximum atomic E-state index is 4.72. The van der Waals surface area contributed by atoms with E-state index >= 15 is 0 Å². The van der Waals surface area contributed by atoms with Crippen LogP contribution in [0.2, 0.25) is 0 Å². The first kappa shape index (κ1) is 16.0. The Bertz CT molecular complexity index is 607. The lowest BCUT2D eigenvalue weighted by molar-refractivity contribution is 0.112. The van der Waals surface area contributed by atoms with Crippen LogP contribution in [0.5, 0.6) is 0 Å². The molecule has 3 nitrogen and oxygen atoms in total. The molecule has 1 aromatic carbocycles. The van der Waals surface area contributed by atoms with Crippen molar-refractivity contribution in [3.63, 3.8) is 0 Å². The second-order valence-corrected chi connectivity index (χ2v) is 6.69. The van der Waals surface area contributed by atoms with E-state index in [9.17, 15) is 0 Å². The number of aromatic nitrogens is 1. The van der Waals surface area contributed by atoms with Gasteiger partial charge in [-0.1, -0.05) is 30.7 Å². The van der Waals surface area contributed by atoms with Crippen LogP contribution in [0.1, 0.15) is 44.7 Å². The molecule has 1 unspecified atom stereocenters. The average molecular weight is 309 g/mol. The summed E-state index contributed by atoms with van der Waals surface area (Å²) in [6, 6.07) is 15.9. The number of benzene rings is 1. The van der Waals surface area contributed by atoms with E-state index in [1.807, 2.05) is 6.07 Å². The van der Waals surface area contributed by atoms with E-state index in [1.54, 1.807) is 0 Å². The number of para-hydroxylation sites is 1. The van der Waals surface area contributed by atoms with Gasteiger partial charge in [-0.05, 0) is 57.0 Å². The summed E-state index contributed by atoms with van der Waals surface area (Å²) in [5, 5.41) is 0. The second kappa shape index (κ2) is 7.14. The van der Waals surface area contributed by atoms with E-state index in [1.165, 1.54) is 31.4 Å². The Hall–Kier alpha value is -1.87. The zero-order chi connectivity index (χ0) is 16.2. The van der Waals surface area contributed by atoms with Gasteiger partial charge in [0.25, 0.3) is 0 Å². The molecule has 0 saturated carbocycles. The minimum absolute atomic E-state index is 0.521. The van der Waals surface area contributed by atoms with Gasteiger partial charge in [0.05, 0.1) is 0 Å². The van der Waals surface area contributed by atoms with Crippen LogP contribution in [0.3, 0.4) is 0 Å². The van der Waals surface area contributed by atoms with Crippen LogP contribution >= 0.6 is 0 Å². The van der Waals surface area contributed by atoms with Gasteiger partial charge in [0, 0.05) is 31.0 Å². The van der Waals surface area contributed by atoms with Crippen molar-refractivity contribution in [2.45, 2.75) is 45.2 Å². The van der Waals surface area contributed by atoms with Crippen LogP contribution in [-0.2, 0) is 0 Å². The number of pyridine rings is 1. The van der Waals surface area contributed by atoms with Crippen LogP contribution in [0.4, 0.5) is 11.5 Å². The van der Waals surface area contributed by atoms with Crippen molar-refractivity contribution < 1.29 is 0 Å². The van der Waals surface area contributed by atoms with Gasteiger partial charge in [0.1, 0.15) is 5.82 Å². The van der Waals surface area contributed by atoms with Crippen molar-refractivity contribution in [2.24, 2.45) is 0 Å². The minimum atomic E-state index is 0.521. The van der Waals surface area contributed by atoms with E-state index in [4.69, 9.17) is 4.98 Å². The number of rotatable bonds is 4. The average Bonchev–Trinajstić information content (AvgIpc) is 2.62. The maximum absolute atomic E-state index is 4.72. The van der Waals surface area contributed by atoms with Crippen LogP contribution < -0.4 is 4.90 Å². The molecule has 3 heteroatoms. The maximum Gasteiger partial charge on any atom is 0.132 e. The summed E-state index contributed by atoms with van der Waals surface area (Å²) in [7, 11) is 2.07. The quantitative estimate of drug-likeness (QED) is 0.810. The molecule has 1 fully saturated rings. The lowest BCUT2D eigenvalue weighted by Crippen LogP contribution is -2.38. The van der Waals surface area contributed by atoms with Crippen molar-refractivity contribution in [1.82, 2.24) is 9.88 Å². The fourth-order valence-corrected chi connectivity index (χ4v) is 3.51. The summed E-state index contributed by atoms with van der Waals surface area (Å²) in [5.74, 6) is 0.992. The Morgan fingerprint density at radius 1 is 1.09 bits per heavy atom. The van der Waals surface area contributed by atoms with Crippen molar-refractivity contribution >= 4 is 11.5 Å². The Morgan fingerprint density at radius 3 is 2.52 bits per heavy atom. The standard InChI is InChI=1S/C20H27N3/c1-16(2)23-14-8-7-11-19(23)17-12-13-20(21-15-17)22(3)18-9-5-4-6-10-18/h4-6,9-10,12-13,15-16,19H,7-8,11,14H2,1-3H3. The van der Waals surface area contributed by atoms with E-state index < -0.39 is 0 Å². The number of hydrogen-bond acceptors (Lipinski definition) is 3. The third-order valence-electron chi connectivity index (χ3n) is 4.85. The Balaban J connectivity index is 1.79. The molecule has 0 aliphatic carbocycles. The van der Waals surface area contributed by atoms with Gasteiger partial charge in [-0.2, -0.15) is 0 Å². The summed E-state index contributed by atoms with van der Waals surface area (Å²) < 4.78 is 0. The van der Waals surface area contributed by atoms with E-state index in [2.05, 4.69) is 73.3 Å². The number of anilines is 2. The highest BCUT2D eigenvalue weighted by Crippen LogP contribution is 2.33. The predicted molar refractivity (Wildman–Crippen MR) is 97.2 cm³/mol. The monoisotopic (exact) mass is 309 g/mol. The number of piperidine rings is 1. The Kier molecular flexibility index (Phi) is 4.97.